The second kappa shape index (κ2) is 6.26. The number of ether oxygens (including phenoxy) is 2. The minimum atomic E-state index is -4.27. The molecule has 0 radical (unpaired) electrons. The SMILES string of the molecule is CCCOC(=O)c1scc(OC)c1OS(=O)(=O)Cl. The first-order valence-corrected chi connectivity index (χ1v) is 7.97. The van der Waals surface area contributed by atoms with E-state index >= 15 is 0 Å². The standard InChI is InChI=1S/C9H11ClO6S2/c1-3-4-15-9(11)8-7(16-18(10,12)13)6(14-2)5-17-8/h5H,3-4H2,1-2H3. The van der Waals surface area contributed by atoms with Crippen LogP contribution >= 0.6 is 22.0 Å². The van der Waals surface area contributed by atoms with Crippen LogP contribution in [0.1, 0.15) is 23.0 Å². The Morgan fingerprint density at radius 1 is 1.50 bits per heavy atom. The highest BCUT2D eigenvalue weighted by Crippen LogP contribution is 2.39. The molecule has 1 aromatic heterocycles. The summed E-state index contributed by atoms with van der Waals surface area (Å²) in [4.78, 5) is 11.6. The number of thiophene rings is 1. The third-order valence-electron chi connectivity index (χ3n) is 1.74. The summed E-state index contributed by atoms with van der Waals surface area (Å²) in [5.74, 6) is -0.827. The Labute approximate surface area is 113 Å². The van der Waals surface area contributed by atoms with E-state index in [1.807, 2.05) is 6.92 Å². The predicted molar refractivity (Wildman–Crippen MR) is 66.8 cm³/mol. The molecule has 0 spiro atoms. The average Bonchev–Trinajstić information content (AvgIpc) is 2.66. The van der Waals surface area contributed by atoms with Gasteiger partial charge in [-0.2, -0.15) is 8.42 Å². The van der Waals surface area contributed by atoms with Crippen molar-refractivity contribution in [1.82, 2.24) is 0 Å². The van der Waals surface area contributed by atoms with Crippen molar-refractivity contribution >= 4 is 37.3 Å². The van der Waals surface area contributed by atoms with Crippen molar-refractivity contribution in [2.75, 3.05) is 13.7 Å². The lowest BCUT2D eigenvalue weighted by atomic mass is 10.4. The molecule has 0 aliphatic heterocycles. The van der Waals surface area contributed by atoms with Gasteiger partial charge in [0, 0.05) is 5.38 Å². The Kier molecular flexibility index (Phi) is 5.24. The smallest absolute Gasteiger partial charge is 0.401 e. The molecule has 102 valence electrons. The third-order valence-corrected chi connectivity index (χ3v) is 3.21. The Balaban J connectivity index is 3.05. The first-order chi connectivity index (χ1) is 8.39. The van der Waals surface area contributed by atoms with E-state index in [1.165, 1.54) is 12.5 Å². The summed E-state index contributed by atoms with van der Waals surface area (Å²) in [7, 11) is 2.03. The fourth-order valence-electron chi connectivity index (χ4n) is 1.05. The number of methoxy groups -OCH3 is 1. The van der Waals surface area contributed by atoms with E-state index in [9.17, 15) is 13.2 Å². The van der Waals surface area contributed by atoms with E-state index in [0.717, 1.165) is 11.3 Å². The molecule has 6 nitrogen and oxygen atoms in total. The largest absolute Gasteiger partial charge is 0.492 e. The van der Waals surface area contributed by atoms with Gasteiger partial charge in [-0.1, -0.05) is 6.92 Å². The molecule has 1 rings (SSSR count). The van der Waals surface area contributed by atoms with E-state index in [-0.39, 0.29) is 23.0 Å². The minimum Gasteiger partial charge on any atom is -0.492 e. The van der Waals surface area contributed by atoms with Crippen molar-refractivity contribution < 1.29 is 26.9 Å². The molecule has 1 heterocycles. The molecule has 0 aliphatic rings. The lowest BCUT2D eigenvalue weighted by molar-refractivity contribution is 0.0509. The van der Waals surface area contributed by atoms with E-state index in [1.54, 1.807) is 0 Å². The molecule has 0 saturated carbocycles. The molecule has 0 aliphatic carbocycles. The van der Waals surface area contributed by atoms with Crippen LogP contribution in [0.2, 0.25) is 0 Å². The van der Waals surface area contributed by atoms with Crippen molar-refractivity contribution in [2.45, 2.75) is 13.3 Å². The topological polar surface area (TPSA) is 78.9 Å². The van der Waals surface area contributed by atoms with Gasteiger partial charge in [0.15, 0.2) is 10.6 Å². The quantitative estimate of drug-likeness (QED) is 0.591. The van der Waals surface area contributed by atoms with Gasteiger partial charge in [-0.25, -0.2) is 4.79 Å². The molecule has 0 unspecified atom stereocenters. The molecule has 0 bridgehead atoms. The molecule has 0 N–H and O–H groups in total. The zero-order valence-corrected chi connectivity index (χ0v) is 12.0. The van der Waals surface area contributed by atoms with E-state index in [2.05, 4.69) is 4.18 Å². The van der Waals surface area contributed by atoms with Crippen molar-refractivity contribution in [3.63, 3.8) is 0 Å². The second-order valence-corrected chi connectivity index (χ2v) is 6.04. The molecule has 9 heteroatoms. The number of esters is 1. The Hall–Kier alpha value is -0.990. The van der Waals surface area contributed by atoms with Crippen molar-refractivity contribution in [3.05, 3.63) is 10.3 Å². The lowest BCUT2D eigenvalue weighted by Gasteiger charge is -2.05. The molecule has 0 fully saturated rings. The molecule has 18 heavy (non-hydrogen) atoms. The number of rotatable bonds is 6. The van der Waals surface area contributed by atoms with Crippen LogP contribution < -0.4 is 8.92 Å². The minimum absolute atomic E-state index is 0.00970. The molecular formula is C9H11ClO6S2. The highest BCUT2D eigenvalue weighted by Gasteiger charge is 2.25. The van der Waals surface area contributed by atoms with Crippen LogP contribution in [0.15, 0.2) is 5.38 Å². The summed E-state index contributed by atoms with van der Waals surface area (Å²) in [6.07, 6.45) is 0.651. The van der Waals surface area contributed by atoms with E-state index in [4.69, 9.17) is 20.2 Å². The van der Waals surface area contributed by atoms with Gasteiger partial charge in [0.1, 0.15) is 0 Å². The maximum Gasteiger partial charge on any atom is 0.401 e. The van der Waals surface area contributed by atoms with Crippen LogP contribution in [0, 0.1) is 0 Å². The highest BCUT2D eigenvalue weighted by atomic mass is 35.7. The summed E-state index contributed by atoms with van der Waals surface area (Å²) in [6.45, 7) is 2.06. The van der Waals surface area contributed by atoms with Gasteiger partial charge in [-0.05, 0) is 6.42 Å². The second-order valence-electron chi connectivity index (χ2n) is 3.07. The van der Waals surface area contributed by atoms with Crippen molar-refractivity contribution in [1.29, 1.82) is 0 Å². The average molecular weight is 315 g/mol. The van der Waals surface area contributed by atoms with Gasteiger partial charge in [0.05, 0.1) is 24.4 Å². The van der Waals surface area contributed by atoms with Gasteiger partial charge in [0.2, 0.25) is 5.75 Å². The normalized spacial score (nSPS) is 11.1. The molecule has 0 aromatic carbocycles. The van der Waals surface area contributed by atoms with Crippen LogP contribution in [0.25, 0.3) is 0 Å². The lowest BCUT2D eigenvalue weighted by Crippen LogP contribution is -2.08. The van der Waals surface area contributed by atoms with E-state index < -0.39 is 15.3 Å². The van der Waals surface area contributed by atoms with Gasteiger partial charge in [0.25, 0.3) is 0 Å². The van der Waals surface area contributed by atoms with Crippen LogP contribution in [0.4, 0.5) is 0 Å². The van der Waals surface area contributed by atoms with Gasteiger partial charge >= 0.3 is 15.3 Å². The first kappa shape index (κ1) is 15.1. The molecule has 0 amide bonds. The predicted octanol–water partition coefficient (Wildman–Crippen LogP) is 2.19. The monoisotopic (exact) mass is 314 g/mol. The van der Waals surface area contributed by atoms with Crippen LogP contribution in [-0.2, 0) is 14.1 Å². The summed E-state index contributed by atoms with van der Waals surface area (Å²) in [5.41, 5.74) is 0. The van der Waals surface area contributed by atoms with Gasteiger partial charge < -0.3 is 13.7 Å². The Morgan fingerprint density at radius 3 is 2.67 bits per heavy atom. The summed E-state index contributed by atoms with van der Waals surface area (Å²) >= 11 is 0.952. The molecule has 1 aromatic rings. The molecule has 0 atom stereocenters. The zero-order chi connectivity index (χ0) is 13.8. The number of hydrogen-bond donors (Lipinski definition) is 0. The fraction of sp³-hybridized carbons (Fsp3) is 0.444. The van der Waals surface area contributed by atoms with Crippen LogP contribution in [-0.4, -0.2) is 28.1 Å². The summed E-state index contributed by atoms with van der Waals surface area (Å²) in [6, 6.07) is 0. The summed E-state index contributed by atoms with van der Waals surface area (Å²) < 4.78 is 36.1. The number of halogens is 1. The van der Waals surface area contributed by atoms with Crippen LogP contribution in [0.5, 0.6) is 11.5 Å². The maximum atomic E-state index is 11.7. The maximum absolute atomic E-state index is 11.7. The van der Waals surface area contributed by atoms with Gasteiger partial charge in [-0.3, -0.25) is 0 Å². The Bertz CT molecular complexity index is 521. The third kappa shape index (κ3) is 4.04. The highest BCUT2D eigenvalue weighted by molar-refractivity contribution is 8.10. The van der Waals surface area contributed by atoms with Crippen molar-refractivity contribution in [2.24, 2.45) is 0 Å². The number of hydrogen-bond acceptors (Lipinski definition) is 7. The number of carbonyl (C=O) groups is 1. The first-order valence-electron chi connectivity index (χ1n) is 4.85. The number of carbonyl (C=O) groups excluding carboxylic acids is 1. The molecular weight excluding hydrogens is 304 g/mol. The summed E-state index contributed by atoms with van der Waals surface area (Å²) in [5, 5.41) is 1.43. The zero-order valence-electron chi connectivity index (χ0n) is 9.64. The van der Waals surface area contributed by atoms with Crippen LogP contribution in [0.3, 0.4) is 0 Å². The van der Waals surface area contributed by atoms with E-state index in [0.29, 0.717) is 6.42 Å². The van der Waals surface area contributed by atoms with Crippen molar-refractivity contribution in [3.8, 4) is 11.5 Å². The Morgan fingerprint density at radius 2 is 2.17 bits per heavy atom. The fourth-order valence-corrected chi connectivity index (χ4v) is 2.49. The molecule has 0 saturated heterocycles. The van der Waals surface area contributed by atoms with Gasteiger partial charge in [-0.15, -0.1) is 11.3 Å².